The van der Waals surface area contributed by atoms with Gasteiger partial charge in [-0.1, -0.05) is 24.1 Å². The van der Waals surface area contributed by atoms with Crippen LogP contribution in [0.4, 0.5) is 0 Å². The van der Waals surface area contributed by atoms with Gasteiger partial charge in [-0.15, -0.1) is 12.4 Å². The molecule has 1 aliphatic rings. The van der Waals surface area contributed by atoms with Gasteiger partial charge in [0.25, 0.3) is 0 Å². The van der Waals surface area contributed by atoms with E-state index < -0.39 is 0 Å². The molecule has 1 aromatic carbocycles. The van der Waals surface area contributed by atoms with Crippen molar-refractivity contribution in [2.24, 2.45) is 0 Å². The number of nitrogens with one attached hydrogen (secondary N) is 2. The summed E-state index contributed by atoms with van der Waals surface area (Å²) in [6.45, 7) is 1.30. The Morgan fingerprint density at radius 3 is 2.95 bits per heavy atom. The molecule has 1 fully saturated rings. The highest BCUT2D eigenvalue weighted by Gasteiger charge is 2.20. The summed E-state index contributed by atoms with van der Waals surface area (Å²) in [4.78, 5) is 12.0. The third-order valence-corrected chi connectivity index (χ3v) is 3.72. The van der Waals surface area contributed by atoms with Gasteiger partial charge in [-0.05, 0) is 31.5 Å². The zero-order chi connectivity index (χ0) is 13.7. The van der Waals surface area contributed by atoms with Crippen LogP contribution in [0.1, 0.15) is 24.8 Å². The second kappa shape index (κ2) is 8.35. The van der Waals surface area contributed by atoms with E-state index in [2.05, 4.69) is 10.6 Å². The molecule has 2 N–H and O–H groups in total. The van der Waals surface area contributed by atoms with Crippen molar-refractivity contribution >= 4 is 29.9 Å². The molecule has 0 bridgehead atoms. The quantitative estimate of drug-likeness (QED) is 0.897. The number of hydrogen-bond donors (Lipinski definition) is 2. The van der Waals surface area contributed by atoms with Gasteiger partial charge >= 0.3 is 0 Å². The fourth-order valence-electron chi connectivity index (χ4n) is 2.28. The molecule has 0 spiro atoms. The molecule has 1 unspecified atom stereocenters. The Labute approximate surface area is 130 Å². The highest BCUT2D eigenvalue weighted by molar-refractivity contribution is 6.31. The number of methoxy groups -OCH3 is 1. The monoisotopic (exact) mass is 318 g/mol. The third-order valence-electron chi connectivity index (χ3n) is 3.36. The van der Waals surface area contributed by atoms with E-state index in [0.717, 1.165) is 31.4 Å². The summed E-state index contributed by atoms with van der Waals surface area (Å²) in [7, 11) is 1.60. The van der Waals surface area contributed by atoms with Crippen LogP contribution < -0.4 is 15.4 Å². The molecule has 112 valence electrons. The van der Waals surface area contributed by atoms with Crippen LogP contribution in [0.3, 0.4) is 0 Å². The highest BCUT2D eigenvalue weighted by atomic mass is 35.5. The molecule has 0 radical (unpaired) electrons. The predicted molar refractivity (Wildman–Crippen MR) is 82.7 cm³/mol. The molecule has 6 heteroatoms. The number of rotatable bonds is 4. The summed E-state index contributed by atoms with van der Waals surface area (Å²) < 4.78 is 5.25. The maximum atomic E-state index is 12.0. The Balaban J connectivity index is 0.00000200. The first-order valence-electron chi connectivity index (χ1n) is 6.55. The maximum Gasteiger partial charge on any atom is 0.237 e. The first-order valence-corrected chi connectivity index (χ1v) is 6.92. The van der Waals surface area contributed by atoms with Crippen molar-refractivity contribution in [2.45, 2.75) is 31.8 Å². The normalized spacial score (nSPS) is 18.0. The summed E-state index contributed by atoms with van der Waals surface area (Å²) in [5.74, 6) is 0.728. The van der Waals surface area contributed by atoms with E-state index in [9.17, 15) is 4.79 Å². The van der Waals surface area contributed by atoms with Crippen molar-refractivity contribution in [3.63, 3.8) is 0 Å². The van der Waals surface area contributed by atoms with E-state index in [4.69, 9.17) is 16.3 Å². The molecule has 0 aliphatic carbocycles. The second-order valence-electron chi connectivity index (χ2n) is 4.64. The molecule has 1 saturated heterocycles. The maximum absolute atomic E-state index is 12.0. The molecular weight excluding hydrogens is 299 g/mol. The van der Waals surface area contributed by atoms with Crippen LogP contribution in [0.15, 0.2) is 18.2 Å². The van der Waals surface area contributed by atoms with Crippen molar-refractivity contribution < 1.29 is 9.53 Å². The van der Waals surface area contributed by atoms with E-state index in [1.165, 1.54) is 0 Å². The Hall–Kier alpha value is -0.970. The summed E-state index contributed by atoms with van der Waals surface area (Å²) in [6, 6.07) is 5.38. The van der Waals surface area contributed by atoms with Gasteiger partial charge in [0.05, 0.1) is 13.2 Å². The summed E-state index contributed by atoms with van der Waals surface area (Å²) >= 11 is 6.13. The lowest BCUT2D eigenvalue weighted by molar-refractivity contribution is -0.123. The summed E-state index contributed by atoms with van der Waals surface area (Å²) in [5.41, 5.74) is 0.816. The van der Waals surface area contributed by atoms with E-state index in [1.807, 2.05) is 12.1 Å². The average molecular weight is 319 g/mol. The van der Waals surface area contributed by atoms with Crippen LogP contribution in [-0.4, -0.2) is 25.6 Å². The number of benzene rings is 1. The number of carbonyl (C=O) groups is 1. The largest absolute Gasteiger partial charge is 0.496 e. The second-order valence-corrected chi connectivity index (χ2v) is 5.05. The molecule has 0 saturated carbocycles. The molecule has 0 aromatic heterocycles. The molecule has 1 aliphatic heterocycles. The van der Waals surface area contributed by atoms with Crippen molar-refractivity contribution in [1.29, 1.82) is 0 Å². The van der Waals surface area contributed by atoms with Crippen LogP contribution in [0.2, 0.25) is 5.02 Å². The van der Waals surface area contributed by atoms with E-state index in [1.54, 1.807) is 13.2 Å². The van der Waals surface area contributed by atoms with Gasteiger partial charge in [0.1, 0.15) is 5.75 Å². The van der Waals surface area contributed by atoms with Gasteiger partial charge in [-0.25, -0.2) is 0 Å². The zero-order valence-corrected chi connectivity index (χ0v) is 13.0. The first kappa shape index (κ1) is 17.1. The molecule has 1 atom stereocenters. The minimum absolute atomic E-state index is 0. The Morgan fingerprint density at radius 1 is 1.50 bits per heavy atom. The standard InChI is InChI=1S/C14H19ClN2O2.ClH/c1-19-13-7-4-5-11(15)10(13)9-17-14(18)12-6-2-3-8-16-12;/h4-5,7,12,16H,2-3,6,8-9H2,1H3,(H,17,18);1H. The molecule has 4 nitrogen and oxygen atoms in total. The van der Waals surface area contributed by atoms with E-state index >= 15 is 0 Å². The molecule has 1 amide bonds. The highest BCUT2D eigenvalue weighted by Crippen LogP contribution is 2.25. The van der Waals surface area contributed by atoms with Crippen LogP contribution in [0, 0.1) is 0 Å². The van der Waals surface area contributed by atoms with Crippen LogP contribution in [0.25, 0.3) is 0 Å². The number of ether oxygens (including phenoxy) is 1. The number of amides is 1. The van der Waals surface area contributed by atoms with Gasteiger partial charge in [-0.2, -0.15) is 0 Å². The number of piperidine rings is 1. The SMILES string of the molecule is COc1cccc(Cl)c1CNC(=O)C1CCCCN1.Cl. The van der Waals surface area contributed by atoms with E-state index in [-0.39, 0.29) is 24.4 Å². The van der Waals surface area contributed by atoms with Gasteiger partial charge in [0.15, 0.2) is 0 Å². The predicted octanol–water partition coefficient (Wildman–Crippen LogP) is 2.53. The van der Waals surface area contributed by atoms with Gasteiger partial charge < -0.3 is 15.4 Å². The molecule has 1 aromatic rings. The smallest absolute Gasteiger partial charge is 0.237 e. The van der Waals surface area contributed by atoms with Crippen molar-refractivity contribution in [3.8, 4) is 5.75 Å². The number of hydrogen-bond acceptors (Lipinski definition) is 3. The summed E-state index contributed by atoms with van der Waals surface area (Å²) in [6.07, 6.45) is 3.13. The zero-order valence-electron chi connectivity index (χ0n) is 11.4. The molecule has 2 rings (SSSR count). The number of halogens is 2. The third kappa shape index (κ3) is 4.27. The van der Waals surface area contributed by atoms with Crippen molar-refractivity contribution in [1.82, 2.24) is 10.6 Å². The lowest BCUT2D eigenvalue weighted by atomic mass is 10.0. The fourth-order valence-corrected chi connectivity index (χ4v) is 2.51. The Bertz CT molecular complexity index is 449. The van der Waals surface area contributed by atoms with Crippen LogP contribution in [-0.2, 0) is 11.3 Å². The molecule has 1 heterocycles. The Morgan fingerprint density at radius 2 is 2.30 bits per heavy atom. The van der Waals surface area contributed by atoms with E-state index in [0.29, 0.717) is 17.3 Å². The lowest BCUT2D eigenvalue weighted by Crippen LogP contribution is -2.46. The fraction of sp³-hybridized carbons (Fsp3) is 0.500. The first-order chi connectivity index (χ1) is 9.22. The van der Waals surface area contributed by atoms with Crippen LogP contribution >= 0.6 is 24.0 Å². The van der Waals surface area contributed by atoms with Crippen molar-refractivity contribution in [3.05, 3.63) is 28.8 Å². The lowest BCUT2D eigenvalue weighted by Gasteiger charge is -2.22. The Kier molecular flexibility index (Phi) is 7.13. The topological polar surface area (TPSA) is 50.4 Å². The summed E-state index contributed by atoms with van der Waals surface area (Å²) in [5, 5.41) is 6.75. The minimum atomic E-state index is -0.0813. The van der Waals surface area contributed by atoms with Crippen molar-refractivity contribution in [2.75, 3.05) is 13.7 Å². The number of carbonyl (C=O) groups excluding carboxylic acids is 1. The van der Waals surface area contributed by atoms with Gasteiger partial charge in [-0.3, -0.25) is 4.79 Å². The van der Waals surface area contributed by atoms with Gasteiger partial charge in [0.2, 0.25) is 5.91 Å². The molecular formula is C14H20Cl2N2O2. The average Bonchev–Trinajstić information content (AvgIpc) is 2.46. The molecule has 20 heavy (non-hydrogen) atoms. The minimum Gasteiger partial charge on any atom is -0.496 e. The van der Waals surface area contributed by atoms with Crippen LogP contribution in [0.5, 0.6) is 5.75 Å². The van der Waals surface area contributed by atoms with Gasteiger partial charge in [0, 0.05) is 17.1 Å².